The van der Waals surface area contributed by atoms with Crippen molar-refractivity contribution >= 4 is 29.4 Å². The van der Waals surface area contributed by atoms with Crippen molar-refractivity contribution in [2.45, 2.75) is 26.8 Å². The third-order valence-electron chi connectivity index (χ3n) is 5.21. The smallest absolute Gasteiger partial charge is 0.342 e. The van der Waals surface area contributed by atoms with Gasteiger partial charge in [-0.05, 0) is 45.0 Å². The molecule has 3 rings (SSSR count). The molecule has 1 aliphatic rings. The molecule has 0 radical (unpaired) electrons. The number of carbonyl (C=O) groups excluding carboxylic acids is 3. The predicted octanol–water partition coefficient (Wildman–Crippen LogP) is 3.08. The van der Waals surface area contributed by atoms with Gasteiger partial charge in [0.05, 0.1) is 5.69 Å². The molecular formula is C23H25ClN4O4. The lowest BCUT2D eigenvalue weighted by Gasteiger charge is -2.40. The minimum Gasteiger partial charge on any atom is -0.458 e. The summed E-state index contributed by atoms with van der Waals surface area (Å²) in [4.78, 5) is 50.5. The van der Waals surface area contributed by atoms with Crippen LogP contribution in [0.15, 0.2) is 36.9 Å². The van der Waals surface area contributed by atoms with Crippen LogP contribution in [0.4, 0.5) is 0 Å². The summed E-state index contributed by atoms with van der Waals surface area (Å²) in [5, 5.41) is 0.558. The van der Waals surface area contributed by atoms with Gasteiger partial charge < -0.3 is 14.5 Å². The summed E-state index contributed by atoms with van der Waals surface area (Å²) in [6.07, 6.45) is 1.45. The molecule has 2 amide bonds. The number of aromatic nitrogens is 2. The molecule has 0 spiro atoms. The number of amides is 2. The fourth-order valence-electron chi connectivity index (χ4n) is 3.67. The molecule has 9 heteroatoms. The number of rotatable bonds is 5. The van der Waals surface area contributed by atoms with Gasteiger partial charge >= 0.3 is 5.97 Å². The molecule has 0 saturated carbocycles. The summed E-state index contributed by atoms with van der Waals surface area (Å²) >= 11 is 5.91. The Morgan fingerprint density at radius 1 is 1.16 bits per heavy atom. The van der Waals surface area contributed by atoms with Gasteiger partial charge in [-0.2, -0.15) is 0 Å². The quantitative estimate of drug-likeness (QED) is 0.507. The topological polar surface area (TPSA) is 92.7 Å². The zero-order chi connectivity index (χ0) is 23.4. The molecule has 1 aromatic carbocycles. The van der Waals surface area contributed by atoms with Crippen LogP contribution >= 0.6 is 11.6 Å². The molecule has 32 heavy (non-hydrogen) atoms. The van der Waals surface area contributed by atoms with Crippen LogP contribution in [0, 0.1) is 13.8 Å². The van der Waals surface area contributed by atoms with Gasteiger partial charge in [-0.3, -0.25) is 9.59 Å². The maximum atomic E-state index is 13.3. The van der Waals surface area contributed by atoms with Gasteiger partial charge in [0.15, 0.2) is 0 Å². The first-order valence-electron chi connectivity index (χ1n) is 10.2. The lowest BCUT2D eigenvalue weighted by molar-refractivity contribution is 0.0406. The summed E-state index contributed by atoms with van der Waals surface area (Å²) in [6.45, 7) is 9.70. The summed E-state index contributed by atoms with van der Waals surface area (Å²) < 4.78 is 5.13. The minimum atomic E-state index is -0.671. The highest BCUT2D eigenvalue weighted by Gasteiger charge is 2.33. The number of aryl methyl sites for hydroxylation is 2. The van der Waals surface area contributed by atoms with Crippen molar-refractivity contribution < 1.29 is 19.1 Å². The minimum absolute atomic E-state index is 0.00809. The molecule has 1 unspecified atom stereocenters. The van der Waals surface area contributed by atoms with Crippen molar-refractivity contribution in [3.63, 3.8) is 0 Å². The summed E-state index contributed by atoms with van der Waals surface area (Å²) in [6, 6.07) is 6.49. The first-order chi connectivity index (χ1) is 15.2. The lowest BCUT2D eigenvalue weighted by atomic mass is 10.1. The Morgan fingerprint density at radius 3 is 2.47 bits per heavy atom. The molecule has 2 aromatic rings. The number of hydrogen-bond acceptors (Lipinski definition) is 6. The fourth-order valence-corrected chi connectivity index (χ4v) is 3.80. The van der Waals surface area contributed by atoms with E-state index in [2.05, 4.69) is 16.5 Å². The number of benzene rings is 1. The van der Waals surface area contributed by atoms with Crippen molar-refractivity contribution in [3.8, 4) is 0 Å². The van der Waals surface area contributed by atoms with Crippen molar-refractivity contribution in [1.29, 1.82) is 0 Å². The number of esters is 1. The van der Waals surface area contributed by atoms with Gasteiger partial charge in [0.1, 0.15) is 23.7 Å². The van der Waals surface area contributed by atoms with Crippen LogP contribution in [-0.2, 0) is 4.74 Å². The van der Waals surface area contributed by atoms with Crippen molar-refractivity contribution in [1.82, 2.24) is 19.8 Å². The Hall–Kier alpha value is -3.26. The monoisotopic (exact) mass is 456 g/mol. The normalized spacial score (nSPS) is 15.9. The molecule has 1 aromatic heterocycles. The number of ether oxygens (including phenoxy) is 1. The number of carbonyl (C=O) groups is 3. The van der Waals surface area contributed by atoms with Crippen LogP contribution < -0.4 is 0 Å². The number of nitrogens with zero attached hydrogens (tertiary/aromatic N) is 4. The van der Waals surface area contributed by atoms with E-state index < -0.39 is 11.9 Å². The molecule has 1 atom stereocenters. The first-order valence-corrected chi connectivity index (χ1v) is 10.6. The number of halogens is 1. The Balaban J connectivity index is 1.80. The van der Waals surface area contributed by atoms with Crippen molar-refractivity contribution in [2.75, 3.05) is 26.2 Å². The molecule has 2 heterocycles. The Bertz CT molecular complexity index is 1050. The first kappa shape index (κ1) is 23.4. The third kappa shape index (κ3) is 4.96. The van der Waals surface area contributed by atoms with E-state index in [0.717, 1.165) is 0 Å². The van der Waals surface area contributed by atoms with E-state index in [9.17, 15) is 14.4 Å². The highest BCUT2D eigenvalue weighted by atomic mass is 35.5. The number of hydrogen-bond donors (Lipinski definition) is 0. The summed E-state index contributed by atoms with van der Waals surface area (Å²) in [7, 11) is 0. The molecular weight excluding hydrogens is 432 g/mol. The average molecular weight is 457 g/mol. The van der Waals surface area contributed by atoms with E-state index in [1.165, 1.54) is 6.08 Å². The maximum absolute atomic E-state index is 13.3. The second-order valence-corrected chi connectivity index (χ2v) is 8.01. The van der Waals surface area contributed by atoms with Crippen LogP contribution in [0.5, 0.6) is 0 Å². The highest BCUT2D eigenvalue weighted by molar-refractivity contribution is 6.30. The van der Waals surface area contributed by atoms with E-state index in [1.54, 1.807) is 47.9 Å². The van der Waals surface area contributed by atoms with Crippen LogP contribution in [0.1, 0.15) is 49.6 Å². The summed E-state index contributed by atoms with van der Waals surface area (Å²) in [5.74, 6) is -0.802. The zero-order valence-electron chi connectivity index (χ0n) is 18.3. The maximum Gasteiger partial charge on any atom is 0.342 e. The summed E-state index contributed by atoms with van der Waals surface area (Å²) in [5.41, 5.74) is 0.971. The SMILES string of the molecule is C=CCOC(=O)c1c(C)nc(C)nc1C(=O)N1CCN(C(=O)c2ccc(Cl)cc2)C(C)C1. The van der Waals surface area contributed by atoms with Crippen molar-refractivity contribution in [2.24, 2.45) is 0 Å². The molecule has 1 aliphatic heterocycles. The Kier molecular flexibility index (Phi) is 7.25. The highest BCUT2D eigenvalue weighted by Crippen LogP contribution is 2.20. The van der Waals surface area contributed by atoms with E-state index in [1.807, 2.05) is 6.92 Å². The predicted molar refractivity (Wildman–Crippen MR) is 120 cm³/mol. The Morgan fingerprint density at radius 2 is 1.84 bits per heavy atom. The molecule has 0 bridgehead atoms. The van der Waals surface area contributed by atoms with Crippen LogP contribution in [0.2, 0.25) is 5.02 Å². The van der Waals surface area contributed by atoms with E-state index >= 15 is 0 Å². The second kappa shape index (κ2) is 9.91. The van der Waals surface area contributed by atoms with Gasteiger partial charge in [-0.1, -0.05) is 24.3 Å². The van der Waals surface area contributed by atoms with E-state index in [4.69, 9.17) is 16.3 Å². The Labute approximate surface area is 191 Å². The van der Waals surface area contributed by atoms with Gasteiger partial charge in [-0.25, -0.2) is 14.8 Å². The number of piperazine rings is 1. The van der Waals surface area contributed by atoms with Gasteiger partial charge in [0.2, 0.25) is 0 Å². The molecule has 0 N–H and O–H groups in total. The molecule has 0 aliphatic carbocycles. The fraction of sp³-hybridized carbons (Fsp3) is 0.348. The van der Waals surface area contributed by atoms with Gasteiger partial charge in [0.25, 0.3) is 11.8 Å². The standard InChI is InChI=1S/C23H25ClN4O4/c1-5-12-32-23(31)19-15(3)25-16(4)26-20(19)22(30)27-10-11-28(14(2)13-27)21(29)17-6-8-18(24)9-7-17/h5-9,14H,1,10-13H2,2-4H3. The van der Waals surface area contributed by atoms with Crippen LogP contribution in [-0.4, -0.2) is 69.8 Å². The van der Waals surface area contributed by atoms with E-state index in [-0.39, 0.29) is 29.8 Å². The van der Waals surface area contributed by atoms with Crippen LogP contribution in [0.3, 0.4) is 0 Å². The van der Waals surface area contributed by atoms with Gasteiger partial charge in [0, 0.05) is 36.3 Å². The largest absolute Gasteiger partial charge is 0.458 e. The van der Waals surface area contributed by atoms with E-state index in [0.29, 0.717) is 41.7 Å². The zero-order valence-corrected chi connectivity index (χ0v) is 19.1. The second-order valence-electron chi connectivity index (χ2n) is 7.57. The van der Waals surface area contributed by atoms with Crippen LogP contribution in [0.25, 0.3) is 0 Å². The van der Waals surface area contributed by atoms with Crippen molar-refractivity contribution in [3.05, 3.63) is 70.3 Å². The third-order valence-corrected chi connectivity index (χ3v) is 5.46. The molecule has 168 valence electrons. The molecule has 1 fully saturated rings. The van der Waals surface area contributed by atoms with Gasteiger partial charge in [-0.15, -0.1) is 0 Å². The lowest BCUT2D eigenvalue weighted by Crippen LogP contribution is -2.55. The molecule has 8 nitrogen and oxygen atoms in total. The average Bonchev–Trinajstić information content (AvgIpc) is 2.76. The molecule has 1 saturated heterocycles.